The Morgan fingerprint density at radius 1 is 1.25 bits per heavy atom. The topological polar surface area (TPSA) is 79.2 Å². The fourth-order valence-electron chi connectivity index (χ4n) is 1.43. The highest BCUT2D eigenvalue weighted by molar-refractivity contribution is 5.92. The smallest absolute Gasteiger partial charge is 0.338 e. The van der Waals surface area contributed by atoms with Crippen LogP contribution in [-0.2, 0) is 9.53 Å². The van der Waals surface area contributed by atoms with Gasteiger partial charge < -0.3 is 10.1 Å². The number of benzene rings is 1. The predicted octanol–water partition coefficient (Wildman–Crippen LogP) is 2.02. The van der Waals surface area contributed by atoms with Crippen molar-refractivity contribution in [2.24, 2.45) is 0 Å². The summed E-state index contributed by atoms with van der Waals surface area (Å²) in [4.78, 5) is 23.6. The van der Waals surface area contributed by atoms with Crippen LogP contribution in [0, 0.1) is 11.3 Å². The standard InChI is InChI=1S/C15H18N2O3/c1-10(13(18)17-15(2,3)4)20-14(19)12-7-5-11(9-16)6-8-12/h5-8,10H,1-4H3,(H,17,18). The number of amides is 1. The molecule has 0 bridgehead atoms. The molecule has 106 valence electrons. The lowest BCUT2D eigenvalue weighted by atomic mass is 10.1. The van der Waals surface area contributed by atoms with Gasteiger partial charge in [-0.25, -0.2) is 4.79 Å². The van der Waals surface area contributed by atoms with E-state index in [4.69, 9.17) is 10.00 Å². The molecule has 0 heterocycles. The van der Waals surface area contributed by atoms with Gasteiger partial charge in [-0.3, -0.25) is 4.79 Å². The third-order valence-corrected chi connectivity index (χ3v) is 2.40. The Labute approximate surface area is 118 Å². The third kappa shape index (κ3) is 4.73. The summed E-state index contributed by atoms with van der Waals surface area (Å²) >= 11 is 0. The SMILES string of the molecule is CC(OC(=O)c1ccc(C#N)cc1)C(=O)NC(C)(C)C. The number of hydrogen-bond acceptors (Lipinski definition) is 4. The molecule has 0 aliphatic rings. The highest BCUT2D eigenvalue weighted by atomic mass is 16.5. The molecule has 0 saturated carbocycles. The third-order valence-electron chi connectivity index (χ3n) is 2.40. The molecule has 1 unspecified atom stereocenters. The van der Waals surface area contributed by atoms with Crippen molar-refractivity contribution in [2.75, 3.05) is 0 Å². The van der Waals surface area contributed by atoms with Gasteiger partial charge in [-0.1, -0.05) is 0 Å². The highest BCUT2D eigenvalue weighted by Gasteiger charge is 2.22. The summed E-state index contributed by atoms with van der Waals surface area (Å²) in [5.41, 5.74) is 0.381. The van der Waals surface area contributed by atoms with Crippen LogP contribution >= 0.6 is 0 Å². The minimum absolute atomic E-state index is 0.305. The molecule has 0 fully saturated rings. The molecular formula is C15H18N2O3. The summed E-state index contributed by atoms with van der Waals surface area (Å²) < 4.78 is 5.08. The molecule has 0 aromatic heterocycles. The van der Waals surface area contributed by atoms with Crippen LogP contribution in [-0.4, -0.2) is 23.5 Å². The van der Waals surface area contributed by atoms with Gasteiger partial charge in [0.25, 0.3) is 5.91 Å². The van der Waals surface area contributed by atoms with Crippen molar-refractivity contribution in [3.8, 4) is 6.07 Å². The average Bonchev–Trinajstić information content (AvgIpc) is 2.36. The van der Waals surface area contributed by atoms with Crippen molar-refractivity contribution >= 4 is 11.9 Å². The van der Waals surface area contributed by atoms with E-state index in [-0.39, 0.29) is 11.4 Å². The highest BCUT2D eigenvalue weighted by Crippen LogP contribution is 2.08. The monoisotopic (exact) mass is 274 g/mol. The second-order valence-corrected chi connectivity index (χ2v) is 5.48. The fourth-order valence-corrected chi connectivity index (χ4v) is 1.43. The molecule has 0 aliphatic carbocycles. The number of hydrogen-bond donors (Lipinski definition) is 1. The maximum Gasteiger partial charge on any atom is 0.338 e. The molecule has 1 amide bonds. The maximum atomic E-state index is 11.8. The average molecular weight is 274 g/mol. The predicted molar refractivity (Wildman–Crippen MR) is 73.9 cm³/mol. The van der Waals surface area contributed by atoms with Gasteiger partial charge in [0.2, 0.25) is 0 Å². The number of esters is 1. The number of carbonyl (C=O) groups excluding carboxylic acids is 2. The van der Waals surface area contributed by atoms with Crippen molar-refractivity contribution in [1.82, 2.24) is 5.32 Å². The van der Waals surface area contributed by atoms with Crippen molar-refractivity contribution in [1.29, 1.82) is 5.26 Å². The second-order valence-electron chi connectivity index (χ2n) is 5.48. The molecule has 0 aliphatic heterocycles. The van der Waals surface area contributed by atoms with Gasteiger partial charge in [-0.05, 0) is 52.0 Å². The number of rotatable bonds is 3. The zero-order chi connectivity index (χ0) is 15.3. The second kappa shape index (κ2) is 6.20. The quantitative estimate of drug-likeness (QED) is 0.855. The first-order chi connectivity index (χ1) is 9.23. The summed E-state index contributed by atoms with van der Waals surface area (Å²) in [6.07, 6.45) is -0.877. The maximum absolute atomic E-state index is 11.8. The van der Waals surface area contributed by atoms with E-state index in [0.717, 1.165) is 0 Å². The number of ether oxygens (including phenoxy) is 1. The van der Waals surface area contributed by atoms with Gasteiger partial charge in [0.15, 0.2) is 6.10 Å². The minimum Gasteiger partial charge on any atom is -0.449 e. The molecule has 0 spiro atoms. The molecule has 1 atom stereocenters. The first-order valence-corrected chi connectivity index (χ1v) is 6.26. The molecule has 0 saturated heterocycles. The first-order valence-electron chi connectivity index (χ1n) is 6.26. The van der Waals surface area contributed by atoms with E-state index in [2.05, 4.69) is 5.32 Å². The van der Waals surface area contributed by atoms with E-state index < -0.39 is 12.1 Å². The van der Waals surface area contributed by atoms with Gasteiger partial charge in [-0.2, -0.15) is 5.26 Å². The fraction of sp³-hybridized carbons (Fsp3) is 0.400. The molecule has 1 rings (SSSR count). The number of carbonyl (C=O) groups is 2. The van der Waals surface area contributed by atoms with Crippen molar-refractivity contribution < 1.29 is 14.3 Å². The normalized spacial score (nSPS) is 12.2. The van der Waals surface area contributed by atoms with Crippen LogP contribution in [0.4, 0.5) is 0 Å². The van der Waals surface area contributed by atoms with Crippen molar-refractivity contribution in [3.05, 3.63) is 35.4 Å². The van der Waals surface area contributed by atoms with Crippen LogP contribution in [0.25, 0.3) is 0 Å². The Balaban J connectivity index is 2.65. The molecular weight excluding hydrogens is 256 g/mol. The van der Waals surface area contributed by atoms with Crippen LogP contribution in [0.1, 0.15) is 43.6 Å². The lowest BCUT2D eigenvalue weighted by molar-refractivity contribution is -0.130. The van der Waals surface area contributed by atoms with Crippen LogP contribution in [0.15, 0.2) is 24.3 Å². The van der Waals surface area contributed by atoms with Crippen molar-refractivity contribution in [3.63, 3.8) is 0 Å². The zero-order valence-corrected chi connectivity index (χ0v) is 12.1. The zero-order valence-electron chi connectivity index (χ0n) is 12.1. The lowest BCUT2D eigenvalue weighted by Gasteiger charge is -2.23. The largest absolute Gasteiger partial charge is 0.449 e. The Morgan fingerprint density at radius 2 is 1.80 bits per heavy atom. The Hall–Kier alpha value is -2.35. The summed E-state index contributed by atoms with van der Waals surface area (Å²) in [5, 5.41) is 11.4. The summed E-state index contributed by atoms with van der Waals surface area (Å²) in [5.74, 6) is -0.939. The Kier molecular flexibility index (Phi) is 4.87. The number of nitrogens with one attached hydrogen (secondary N) is 1. The van der Waals surface area contributed by atoms with Gasteiger partial charge in [-0.15, -0.1) is 0 Å². The van der Waals surface area contributed by atoms with E-state index in [1.165, 1.54) is 31.2 Å². The van der Waals surface area contributed by atoms with Gasteiger partial charge in [0, 0.05) is 5.54 Å². The molecule has 20 heavy (non-hydrogen) atoms. The summed E-state index contributed by atoms with van der Waals surface area (Å²) in [6, 6.07) is 8.00. The van der Waals surface area contributed by atoms with E-state index in [9.17, 15) is 9.59 Å². The molecule has 5 heteroatoms. The summed E-state index contributed by atoms with van der Waals surface area (Å²) in [7, 11) is 0. The molecule has 1 aromatic carbocycles. The van der Waals surface area contributed by atoms with Crippen molar-refractivity contribution in [2.45, 2.75) is 39.3 Å². The van der Waals surface area contributed by atoms with E-state index in [1.54, 1.807) is 0 Å². The van der Waals surface area contributed by atoms with Gasteiger partial charge in [0.05, 0.1) is 17.2 Å². The Bertz CT molecular complexity index is 536. The number of nitriles is 1. The number of nitrogens with zero attached hydrogens (tertiary/aromatic N) is 1. The minimum atomic E-state index is -0.877. The van der Waals surface area contributed by atoms with Crippen LogP contribution in [0.2, 0.25) is 0 Å². The Morgan fingerprint density at radius 3 is 2.25 bits per heavy atom. The first kappa shape index (κ1) is 15.7. The van der Waals surface area contributed by atoms with E-state index in [1.807, 2.05) is 26.8 Å². The van der Waals surface area contributed by atoms with E-state index in [0.29, 0.717) is 11.1 Å². The van der Waals surface area contributed by atoms with Crippen LogP contribution < -0.4 is 5.32 Å². The molecule has 0 radical (unpaired) electrons. The van der Waals surface area contributed by atoms with Gasteiger partial charge >= 0.3 is 5.97 Å². The molecule has 1 aromatic rings. The van der Waals surface area contributed by atoms with Crippen LogP contribution in [0.5, 0.6) is 0 Å². The van der Waals surface area contributed by atoms with E-state index >= 15 is 0 Å². The lowest BCUT2D eigenvalue weighted by Crippen LogP contribution is -2.46. The molecule has 1 N–H and O–H groups in total. The molecule has 5 nitrogen and oxygen atoms in total. The van der Waals surface area contributed by atoms with Gasteiger partial charge in [0.1, 0.15) is 0 Å². The summed E-state index contributed by atoms with van der Waals surface area (Å²) in [6.45, 7) is 7.06. The van der Waals surface area contributed by atoms with Crippen LogP contribution in [0.3, 0.4) is 0 Å².